The van der Waals surface area contributed by atoms with Crippen LogP contribution in [0, 0.1) is 0 Å². The second-order valence-corrected chi connectivity index (χ2v) is 9.51. The topological polar surface area (TPSA) is 54.0 Å². The molecule has 1 heterocycles. The Labute approximate surface area is 207 Å². The highest BCUT2D eigenvalue weighted by molar-refractivity contribution is 5.73. The predicted molar refractivity (Wildman–Crippen MR) is 137 cm³/mol. The van der Waals surface area contributed by atoms with Gasteiger partial charge in [-0.25, -0.2) is 0 Å². The normalized spacial score (nSPS) is 14.3. The van der Waals surface area contributed by atoms with Crippen molar-refractivity contribution in [3.63, 3.8) is 0 Å². The second kappa shape index (κ2) is 18.7. The Hall–Kier alpha value is -1.59. The van der Waals surface area contributed by atoms with Gasteiger partial charge in [-0.05, 0) is 31.0 Å². The fourth-order valence-electron chi connectivity index (χ4n) is 4.41. The Morgan fingerprint density at radius 3 is 1.85 bits per heavy atom. The molecule has 0 radical (unpaired) electrons. The third-order valence-electron chi connectivity index (χ3n) is 6.50. The summed E-state index contributed by atoms with van der Waals surface area (Å²) >= 11 is 0. The lowest BCUT2D eigenvalue weighted by molar-refractivity contribution is -0.183. The van der Waals surface area contributed by atoms with E-state index >= 15 is 0 Å². The molecule has 0 amide bonds. The molecule has 5 nitrogen and oxygen atoms in total. The maximum absolute atomic E-state index is 12.3. The maximum atomic E-state index is 12.3. The van der Waals surface area contributed by atoms with E-state index in [1.54, 1.807) is 13.2 Å². The van der Waals surface area contributed by atoms with Crippen molar-refractivity contribution in [3.8, 4) is 11.5 Å². The zero-order chi connectivity index (χ0) is 24.3. The van der Waals surface area contributed by atoms with Crippen LogP contribution in [0.5, 0.6) is 11.5 Å². The minimum atomic E-state index is -0.382. The van der Waals surface area contributed by atoms with Crippen molar-refractivity contribution in [2.75, 3.05) is 20.3 Å². The minimum Gasteiger partial charge on any atom is -0.493 e. The molecule has 0 spiro atoms. The van der Waals surface area contributed by atoms with Gasteiger partial charge in [0.05, 0.1) is 20.3 Å². The first-order valence-electron chi connectivity index (χ1n) is 13.9. The van der Waals surface area contributed by atoms with Crippen LogP contribution in [-0.2, 0) is 14.3 Å². The number of hydrogen-bond acceptors (Lipinski definition) is 5. The first kappa shape index (κ1) is 28.6. The van der Waals surface area contributed by atoms with Crippen LogP contribution in [0.3, 0.4) is 0 Å². The van der Waals surface area contributed by atoms with Gasteiger partial charge < -0.3 is 18.9 Å². The minimum absolute atomic E-state index is 0.203. The Bertz CT molecular complexity index is 654. The average Bonchev–Trinajstić information content (AvgIpc) is 2.87. The largest absolute Gasteiger partial charge is 0.493 e. The molecule has 1 aromatic rings. The number of ether oxygens (including phenoxy) is 4. The lowest BCUT2D eigenvalue weighted by Crippen LogP contribution is -2.17. The van der Waals surface area contributed by atoms with E-state index < -0.39 is 0 Å². The van der Waals surface area contributed by atoms with Crippen LogP contribution in [0.2, 0.25) is 0 Å². The lowest BCUT2D eigenvalue weighted by atomic mass is 10.0. The van der Waals surface area contributed by atoms with Crippen molar-refractivity contribution in [1.29, 1.82) is 0 Å². The summed E-state index contributed by atoms with van der Waals surface area (Å²) in [6.07, 6.45) is 20.7. The quantitative estimate of drug-likeness (QED) is 0.114. The van der Waals surface area contributed by atoms with Crippen LogP contribution in [0.15, 0.2) is 18.2 Å². The molecule has 1 saturated heterocycles. The average molecular weight is 477 g/mol. The third-order valence-corrected chi connectivity index (χ3v) is 6.50. The molecule has 1 fully saturated rings. The van der Waals surface area contributed by atoms with Gasteiger partial charge in [0.15, 0.2) is 17.8 Å². The van der Waals surface area contributed by atoms with Crippen LogP contribution in [0.25, 0.3) is 0 Å². The summed E-state index contributed by atoms with van der Waals surface area (Å²) in [6.45, 7) is 3.64. The SMILES string of the molecule is CCCCCCCCCCCCCCCCCC(=O)Oc1ccc(C2OCCCO2)cc1OC. The Morgan fingerprint density at radius 2 is 1.32 bits per heavy atom. The van der Waals surface area contributed by atoms with Gasteiger partial charge >= 0.3 is 5.97 Å². The lowest BCUT2D eigenvalue weighted by Gasteiger charge is -2.24. The van der Waals surface area contributed by atoms with E-state index in [1.165, 1.54) is 83.5 Å². The molecule has 34 heavy (non-hydrogen) atoms. The summed E-state index contributed by atoms with van der Waals surface area (Å²) in [7, 11) is 1.58. The summed E-state index contributed by atoms with van der Waals surface area (Å²) in [5.41, 5.74) is 0.874. The van der Waals surface area contributed by atoms with E-state index in [2.05, 4.69) is 6.92 Å². The molecule has 1 aliphatic rings. The molecule has 0 aliphatic carbocycles. The highest BCUT2D eigenvalue weighted by Crippen LogP contribution is 2.33. The Morgan fingerprint density at radius 1 is 0.794 bits per heavy atom. The van der Waals surface area contributed by atoms with Crippen LogP contribution in [0.4, 0.5) is 0 Å². The van der Waals surface area contributed by atoms with E-state index in [9.17, 15) is 4.79 Å². The summed E-state index contributed by atoms with van der Waals surface area (Å²) in [5.74, 6) is 0.777. The molecule has 0 saturated carbocycles. The monoisotopic (exact) mass is 476 g/mol. The van der Waals surface area contributed by atoms with Gasteiger partial charge in [-0.3, -0.25) is 4.79 Å². The fourth-order valence-corrected chi connectivity index (χ4v) is 4.41. The zero-order valence-electron chi connectivity index (χ0n) is 21.8. The van der Waals surface area contributed by atoms with Crippen LogP contribution >= 0.6 is 0 Å². The van der Waals surface area contributed by atoms with Crippen molar-refractivity contribution in [1.82, 2.24) is 0 Å². The standard InChI is InChI=1S/C29H48O5/c1-3-4-5-6-7-8-9-10-11-12-13-14-15-16-17-19-28(30)34-26-21-20-25(24-27(26)31-2)29-32-22-18-23-33-29/h20-21,24,29H,3-19,22-23H2,1-2H3. The van der Waals surface area contributed by atoms with Crippen molar-refractivity contribution >= 4 is 5.97 Å². The molecule has 0 aromatic heterocycles. The molecular weight excluding hydrogens is 428 g/mol. The number of rotatable bonds is 19. The molecule has 0 atom stereocenters. The summed E-state index contributed by atoms with van der Waals surface area (Å²) in [6, 6.07) is 5.46. The fraction of sp³-hybridized carbons (Fsp3) is 0.759. The molecule has 2 rings (SSSR count). The molecular formula is C29H48O5. The molecule has 194 valence electrons. The highest BCUT2D eigenvalue weighted by atomic mass is 16.7. The van der Waals surface area contributed by atoms with Gasteiger partial charge in [-0.2, -0.15) is 0 Å². The highest BCUT2D eigenvalue weighted by Gasteiger charge is 2.19. The van der Waals surface area contributed by atoms with Gasteiger partial charge in [-0.1, -0.05) is 96.8 Å². The predicted octanol–water partition coefficient (Wildman–Crippen LogP) is 8.30. The number of unbranched alkanes of at least 4 members (excludes halogenated alkanes) is 14. The first-order chi connectivity index (χ1) is 16.7. The van der Waals surface area contributed by atoms with Gasteiger partial charge in [0.25, 0.3) is 0 Å². The Kier molecular flexibility index (Phi) is 15.8. The maximum Gasteiger partial charge on any atom is 0.311 e. The number of carbonyl (C=O) groups is 1. The van der Waals surface area contributed by atoms with Crippen LogP contribution in [0.1, 0.15) is 128 Å². The van der Waals surface area contributed by atoms with E-state index in [0.29, 0.717) is 31.1 Å². The van der Waals surface area contributed by atoms with Crippen molar-refractivity contribution in [2.45, 2.75) is 122 Å². The number of methoxy groups -OCH3 is 1. The molecule has 0 bridgehead atoms. The van der Waals surface area contributed by atoms with E-state index in [-0.39, 0.29) is 12.3 Å². The van der Waals surface area contributed by atoms with Crippen molar-refractivity contribution in [3.05, 3.63) is 23.8 Å². The van der Waals surface area contributed by atoms with Gasteiger partial charge in [0.2, 0.25) is 0 Å². The first-order valence-corrected chi connectivity index (χ1v) is 13.9. The molecule has 1 aliphatic heterocycles. The van der Waals surface area contributed by atoms with Gasteiger partial charge in [0.1, 0.15) is 0 Å². The number of carbonyl (C=O) groups excluding carboxylic acids is 1. The molecule has 0 unspecified atom stereocenters. The van der Waals surface area contributed by atoms with Crippen molar-refractivity contribution < 1.29 is 23.7 Å². The Balaban J connectivity index is 1.48. The third kappa shape index (κ3) is 12.2. The number of hydrogen-bond donors (Lipinski definition) is 0. The van der Waals surface area contributed by atoms with E-state index in [0.717, 1.165) is 24.8 Å². The zero-order valence-corrected chi connectivity index (χ0v) is 21.8. The summed E-state index contributed by atoms with van der Waals surface area (Å²) in [5, 5.41) is 0. The van der Waals surface area contributed by atoms with Gasteiger partial charge in [-0.15, -0.1) is 0 Å². The second-order valence-electron chi connectivity index (χ2n) is 9.51. The summed E-state index contributed by atoms with van der Waals surface area (Å²) < 4.78 is 22.2. The number of esters is 1. The molecule has 5 heteroatoms. The van der Waals surface area contributed by atoms with E-state index in [1.807, 2.05) is 12.1 Å². The molecule has 1 aromatic carbocycles. The number of benzene rings is 1. The summed E-state index contributed by atoms with van der Waals surface area (Å²) in [4.78, 5) is 12.3. The van der Waals surface area contributed by atoms with Gasteiger partial charge in [0, 0.05) is 12.0 Å². The van der Waals surface area contributed by atoms with Crippen molar-refractivity contribution in [2.24, 2.45) is 0 Å². The molecule has 0 N–H and O–H groups in total. The smallest absolute Gasteiger partial charge is 0.311 e. The van der Waals surface area contributed by atoms with Crippen LogP contribution in [-0.4, -0.2) is 26.3 Å². The van der Waals surface area contributed by atoms with E-state index in [4.69, 9.17) is 18.9 Å². The van der Waals surface area contributed by atoms with Crippen LogP contribution < -0.4 is 9.47 Å².